The first-order chi connectivity index (χ1) is 7.88. The summed E-state index contributed by atoms with van der Waals surface area (Å²) in [5.41, 5.74) is 0.834. The summed E-state index contributed by atoms with van der Waals surface area (Å²) in [5, 5.41) is 0. The Morgan fingerprint density at radius 2 is 1.88 bits per heavy atom. The van der Waals surface area contributed by atoms with Crippen LogP contribution in [0, 0.1) is 6.92 Å². The first-order valence-corrected chi connectivity index (χ1v) is 7.91. The minimum absolute atomic E-state index is 0.00914. The predicted octanol–water partition coefficient (Wildman–Crippen LogP) is 3.49. The molecule has 5 heteroatoms. The third-order valence-electron chi connectivity index (χ3n) is 2.57. The number of rotatable bonds is 5. The fourth-order valence-corrected chi connectivity index (χ4v) is 2.58. The molecule has 0 aliphatic carbocycles. The van der Waals surface area contributed by atoms with Gasteiger partial charge in [-0.05, 0) is 37.5 Å². The molecule has 1 aromatic carbocycles. The largest absolute Gasteiger partial charge is 0.489 e. The Labute approximate surface area is 107 Å². The molecule has 0 heterocycles. The molecule has 0 saturated carbocycles. The van der Waals surface area contributed by atoms with Gasteiger partial charge in [0.2, 0.25) is 0 Å². The Bertz CT molecular complexity index is 479. The second-order valence-electron chi connectivity index (χ2n) is 3.94. The number of hydrogen-bond donors (Lipinski definition) is 0. The van der Waals surface area contributed by atoms with Gasteiger partial charge in [-0.2, -0.15) is 0 Å². The van der Waals surface area contributed by atoms with Crippen LogP contribution in [0.2, 0.25) is 0 Å². The molecule has 1 aromatic rings. The smallest absolute Gasteiger partial charge is 0.264 e. The molecule has 0 saturated heterocycles. The highest BCUT2D eigenvalue weighted by atomic mass is 35.7. The zero-order valence-corrected chi connectivity index (χ0v) is 11.8. The van der Waals surface area contributed by atoms with Crippen LogP contribution in [0.15, 0.2) is 23.1 Å². The zero-order chi connectivity index (χ0) is 13.1. The van der Waals surface area contributed by atoms with Gasteiger partial charge in [-0.1, -0.05) is 19.9 Å². The number of aryl methyl sites for hydroxylation is 1. The minimum atomic E-state index is -3.77. The molecule has 0 N–H and O–H groups in total. The Hall–Kier alpha value is -0.740. The van der Waals surface area contributed by atoms with E-state index in [4.69, 9.17) is 15.4 Å². The summed E-state index contributed by atoms with van der Waals surface area (Å²) in [6.07, 6.45) is 1.66. The van der Waals surface area contributed by atoms with Crippen LogP contribution in [0.5, 0.6) is 5.75 Å². The summed E-state index contributed by atoms with van der Waals surface area (Å²) in [4.78, 5) is 0.0473. The molecule has 0 aromatic heterocycles. The Morgan fingerprint density at radius 1 is 1.29 bits per heavy atom. The number of ether oxygens (including phenoxy) is 1. The fourth-order valence-electron chi connectivity index (χ4n) is 1.54. The van der Waals surface area contributed by atoms with Gasteiger partial charge in [0.25, 0.3) is 9.05 Å². The van der Waals surface area contributed by atoms with Crippen molar-refractivity contribution in [2.75, 3.05) is 0 Å². The van der Waals surface area contributed by atoms with Crippen molar-refractivity contribution in [3.63, 3.8) is 0 Å². The maximum atomic E-state index is 11.4. The monoisotopic (exact) mass is 276 g/mol. The van der Waals surface area contributed by atoms with E-state index in [-0.39, 0.29) is 11.0 Å². The highest BCUT2D eigenvalue weighted by Crippen LogP contribution is 2.29. The standard InChI is InChI=1S/C12H17ClO3S/c1-4-10(5-2)16-11-7-6-9(3)8-12(11)17(13,14)15/h6-8,10H,4-5H2,1-3H3. The van der Waals surface area contributed by atoms with Crippen molar-refractivity contribution in [2.24, 2.45) is 0 Å². The summed E-state index contributed by atoms with van der Waals surface area (Å²) >= 11 is 0. The molecule has 3 nitrogen and oxygen atoms in total. The molecule has 1 rings (SSSR count). The summed E-state index contributed by atoms with van der Waals surface area (Å²) in [6.45, 7) is 5.81. The van der Waals surface area contributed by atoms with E-state index in [2.05, 4.69) is 0 Å². The number of benzene rings is 1. The quantitative estimate of drug-likeness (QED) is 0.773. The molecule has 17 heavy (non-hydrogen) atoms. The SMILES string of the molecule is CCC(CC)Oc1ccc(C)cc1S(=O)(=O)Cl. The highest BCUT2D eigenvalue weighted by molar-refractivity contribution is 8.13. The van der Waals surface area contributed by atoms with Crippen LogP contribution >= 0.6 is 10.7 Å². The second-order valence-corrected chi connectivity index (χ2v) is 6.48. The van der Waals surface area contributed by atoms with Gasteiger partial charge in [-0.25, -0.2) is 8.42 Å². The van der Waals surface area contributed by atoms with E-state index >= 15 is 0 Å². The molecule has 0 fully saturated rings. The lowest BCUT2D eigenvalue weighted by Gasteiger charge is -2.17. The predicted molar refractivity (Wildman–Crippen MR) is 69.2 cm³/mol. The first-order valence-electron chi connectivity index (χ1n) is 5.60. The maximum Gasteiger partial charge on any atom is 0.264 e. The van der Waals surface area contributed by atoms with Gasteiger partial charge in [0.15, 0.2) is 0 Å². The van der Waals surface area contributed by atoms with Gasteiger partial charge in [-0.15, -0.1) is 0 Å². The zero-order valence-electron chi connectivity index (χ0n) is 10.2. The third-order valence-corrected chi connectivity index (χ3v) is 3.91. The molecule has 96 valence electrons. The van der Waals surface area contributed by atoms with E-state index < -0.39 is 9.05 Å². The van der Waals surface area contributed by atoms with Gasteiger partial charge in [0.1, 0.15) is 10.6 Å². The molecule has 0 amide bonds. The van der Waals surface area contributed by atoms with E-state index in [9.17, 15) is 8.42 Å². The van der Waals surface area contributed by atoms with Crippen molar-refractivity contribution in [3.05, 3.63) is 23.8 Å². The molecule has 0 radical (unpaired) electrons. The molecule has 0 aliphatic rings. The number of halogens is 1. The average molecular weight is 277 g/mol. The van der Waals surface area contributed by atoms with E-state index in [1.165, 1.54) is 6.07 Å². The van der Waals surface area contributed by atoms with Crippen LogP contribution in [0.3, 0.4) is 0 Å². The number of hydrogen-bond acceptors (Lipinski definition) is 3. The second kappa shape index (κ2) is 5.74. The first kappa shape index (κ1) is 14.3. The summed E-state index contributed by atoms with van der Waals surface area (Å²) in [5.74, 6) is 0.333. The third kappa shape index (κ3) is 3.89. The van der Waals surface area contributed by atoms with E-state index in [1.807, 2.05) is 26.8 Å². The van der Waals surface area contributed by atoms with Crippen molar-refractivity contribution in [1.29, 1.82) is 0 Å². The Balaban J connectivity index is 3.16. The lowest BCUT2D eigenvalue weighted by Crippen LogP contribution is -2.15. The van der Waals surface area contributed by atoms with Crippen molar-refractivity contribution in [2.45, 2.75) is 44.6 Å². The van der Waals surface area contributed by atoms with E-state index in [0.717, 1.165) is 18.4 Å². The van der Waals surface area contributed by atoms with Crippen LogP contribution in [-0.4, -0.2) is 14.5 Å². The van der Waals surface area contributed by atoms with Crippen molar-refractivity contribution >= 4 is 19.7 Å². The van der Waals surface area contributed by atoms with Crippen LogP contribution in [0.4, 0.5) is 0 Å². The van der Waals surface area contributed by atoms with Gasteiger partial charge >= 0.3 is 0 Å². The molecule has 0 atom stereocenters. The van der Waals surface area contributed by atoms with Crippen LogP contribution < -0.4 is 4.74 Å². The summed E-state index contributed by atoms with van der Waals surface area (Å²) in [6, 6.07) is 4.99. The van der Waals surface area contributed by atoms with Crippen LogP contribution in [0.25, 0.3) is 0 Å². The molecular formula is C12H17ClO3S. The van der Waals surface area contributed by atoms with Crippen molar-refractivity contribution < 1.29 is 13.2 Å². The van der Waals surface area contributed by atoms with Gasteiger partial charge < -0.3 is 4.74 Å². The van der Waals surface area contributed by atoms with Gasteiger partial charge in [0, 0.05) is 10.7 Å². The van der Waals surface area contributed by atoms with Crippen LogP contribution in [-0.2, 0) is 9.05 Å². The van der Waals surface area contributed by atoms with Crippen molar-refractivity contribution in [3.8, 4) is 5.75 Å². The van der Waals surface area contributed by atoms with Crippen LogP contribution in [0.1, 0.15) is 32.3 Å². The Kier molecular flexibility index (Phi) is 4.83. The Morgan fingerprint density at radius 3 is 2.35 bits per heavy atom. The van der Waals surface area contributed by atoms with E-state index in [1.54, 1.807) is 6.07 Å². The lowest BCUT2D eigenvalue weighted by atomic mass is 10.2. The average Bonchev–Trinajstić information content (AvgIpc) is 2.26. The molecule has 0 bridgehead atoms. The summed E-state index contributed by atoms with van der Waals surface area (Å²) in [7, 11) is 1.63. The van der Waals surface area contributed by atoms with Gasteiger partial charge in [-0.3, -0.25) is 0 Å². The fraction of sp³-hybridized carbons (Fsp3) is 0.500. The van der Waals surface area contributed by atoms with Gasteiger partial charge in [0.05, 0.1) is 6.10 Å². The minimum Gasteiger partial charge on any atom is -0.489 e. The lowest BCUT2D eigenvalue weighted by molar-refractivity contribution is 0.188. The molecule has 0 aliphatic heterocycles. The van der Waals surface area contributed by atoms with E-state index in [0.29, 0.717) is 5.75 Å². The normalized spacial score (nSPS) is 11.8. The highest BCUT2D eigenvalue weighted by Gasteiger charge is 2.19. The molecule has 0 spiro atoms. The van der Waals surface area contributed by atoms with Crippen molar-refractivity contribution in [1.82, 2.24) is 0 Å². The summed E-state index contributed by atoms with van der Waals surface area (Å²) < 4.78 is 28.6. The molecule has 0 unspecified atom stereocenters. The molecular weight excluding hydrogens is 260 g/mol. The topological polar surface area (TPSA) is 43.4 Å². The maximum absolute atomic E-state index is 11.4.